The largest absolute Gasteiger partial charge is 0.493 e. The lowest BCUT2D eigenvalue weighted by Gasteiger charge is -2.14. The fraction of sp³-hybridized carbons (Fsp3) is 0.333. The van der Waals surface area contributed by atoms with E-state index in [-0.39, 0.29) is 18.3 Å². The number of amides is 1. The molecule has 1 amide bonds. The summed E-state index contributed by atoms with van der Waals surface area (Å²) in [6.07, 6.45) is 3.40. The van der Waals surface area contributed by atoms with Crippen LogP contribution in [0.3, 0.4) is 0 Å². The van der Waals surface area contributed by atoms with E-state index >= 15 is 0 Å². The second-order valence-corrected chi connectivity index (χ2v) is 9.16. The van der Waals surface area contributed by atoms with Gasteiger partial charge in [-0.05, 0) is 25.8 Å². The Balaban J connectivity index is 1.39. The van der Waals surface area contributed by atoms with Crippen molar-refractivity contribution in [3.8, 4) is 5.88 Å². The van der Waals surface area contributed by atoms with Crippen molar-refractivity contribution in [3.63, 3.8) is 0 Å². The van der Waals surface area contributed by atoms with Crippen LogP contribution in [0, 0.1) is 6.92 Å². The molecule has 10 nitrogen and oxygen atoms in total. The summed E-state index contributed by atoms with van der Waals surface area (Å²) in [4.78, 5) is 37.4. The van der Waals surface area contributed by atoms with Crippen LogP contribution in [0.1, 0.15) is 18.4 Å². The number of aromatic nitrogens is 4. The lowest BCUT2D eigenvalue weighted by Crippen LogP contribution is -2.32. The van der Waals surface area contributed by atoms with E-state index in [0.717, 1.165) is 56.6 Å². The van der Waals surface area contributed by atoms with Gasteiger partial charge in [-0.3, -0.25) is 15.2 Å². The molecule has 12 heteroatoms. The number of thiazole rings is 2. The predicted molar refractivity (Wildman–Crippen MR) is 118 cm³/mol. The first kappa shape index (κ1) is 18.9. The first-order chi connectivity index (χ1) is 14.5. The second-order valence-electron chi connectivity index (χ2n) is 7.10. The highest BCUT2D eigenvalue weighted by atomic mass is 32.1. The molecule has 4 heterocycles. The number of carbonyl (C=O) groups excluding carboxylic acids is 1. The summed E-state index contributed by atoms with van der Waals surface area (Å²) >= 11 is 2.91. The molecular formula is C18H19N7O3S2. The van der Waals surface area contributed by atoms with Crippen molar-refractivity contribution in [2.75, 3.05) is 30.4 Å². The summed E-state index contributed by atoms with van der Waals surface area (Å²) in [5.41, 5.74) is 4.97. The maximum absolute atomic E-state index is 12.2. The second kappa shape index (κ2) is 7.29. The highest BCUT2D eigenvalue weighted by Crippen LogP contribution is 2.36. The molecule has 1 aliphatic rings. The number of imidazole rings is 1. The van der Waals surface area contributed by atoms with Crippen LogP contribution in [-0.4, -0.2) is 55.2 Å². The zero-order valence-electron chi connectivity index (χ0n) is 16.1. The topological polar surface area (TPSA) is 128 Å². The Morgan fingerprint density at radius 3 is 2.53 bits per heavy atom. The van der Waals surface area contributed by atoms with Crippen molar-refractivity contribution in [1.82, 2.24) is 24.5 Å². The maximum Gasteiger partial charge on any atom is 0.347 e. The average Bonchev–Trinajstić information content (AvgIpc) is 3.48. The van der Waals surface area contributed by atoms with Crippen LogP contribution in [0.5, 0.6) is 5.88 Å². The molecular weight excluding hydrogens is 426 g/mol. The van der Waals surface area contributed by atoms with Gasteiger partial charge in [0.25, 0.3) is 0 Å². The number of rotatable bonds is 5. The molecule has 1 aromatic carbocycles. The highest BCUT2D eigenvalue weighted by molar-refractivity contribution is 7.24. The monoisotopic (exact) mass is 445 g/mol. The molecule has 5 rings (SSSR count). The van der Waals surface area contributed by atoms with E-state index in [9.17, 15) is 14.7 Å². The van der Waals surface area contributed by atoms with Crippen molar-refractivity contribution >= 4 is 59.3 Å². The van der Waals surface area contributed by atoms with Crippen molar-refractivity contribution in [2.45, 2.75) is 19.8 Å². The van der Waals surface area contributed by atoms with E-state index in [1.165, 1.54) is 28.9 Å². The summed E-state index contributed by atoms with van der Waals surface area (Å²) in [6, 6.07) is 2.02. The van der Waals surface area contributed by atoms with Crippen molar-refractivity contribution < 1.29 is 9.90 Å². The first-order valence-electron chi connectivity index (χ1n) is 9.48. The molecule has 0 atom stereocenters. The Morgan fingerprint density at radius 1 is 1.20 bits per heavy atom. The van der Waals surface area contributed by atoms with Gasteiger partial charge in [0.1, 0.15) is 0 Å². The van der Waals surface area contributed by atoms with Gasteiger partial charge >= 0.3 is 5.69 Å². The standard InChI is InChI=1S/C18H19N7O3S2/c1-9-14-10(29-16(21-14)19-7-13(27)24-4-2-3-5-24)6-11-15(9)22-17(30-11)23-25-8-12(26)20-18(25)28/h6,8,26H,2-5,7H2,1H3,(H,19,21)(H,20,28)(H,22,23). The van der Waals surface area contributed by atoms with Crippen LogP contribution >= 0.6 is 22.7 Å². The lowest BCUT2D eigenvalue weighted by atomic mass is 10.2. The SMILES string of the molecule is Cc1c2nc(NCC(=O)N3CCCC3)sc2cc2sc(Nn3cc(O)[nH]c3=O)nc12. The molecule has 156 valence electrons. The average molecular weight is 446 g/mol. The number of benzene rings is 1. The van der Waals surface area contributed by atoms with E-state index in [1.807, 2.05) is 17.9 Å². The maximum atomic E-state index is 12.2. The minimum absolute atomic E-state index is 0.105. The molecule has 3 aromatic heterocycles. The van der Waals surface area contributed by atoms with Gasteiger partial charge in [0.15, 0.2) is 5.13 Å². The number of carbonyl (C=O) groups is 1. The number of likely N-dealkylation sites (tertiary alicyclic amines) is 1. The molecule has 0 aliphatic carbocycles. The summed E-state index contributed by atoms with van der Waals surface area (Å²) in [5, 5.41) is 13.8. The third kappa shape index (κ3) is 3.37. The highest BCUT2D eigenvalue weighted by Gasteiger charge is 2.19. The van der Waals surface area contributed by atoms with E-state index in [1.54, 1.807) is 0 Å². The van der Waals surface area contributed by atoms with Gasteiger partial charge in [-0.2, -0.15) is 0 Å². The van der Waals surface area contributed by atoms with Crippen LogP contribution in [-0.2, 0) is 4.79 Å². The smallest absolute Gasteiger partial charge is 0.347 e. The normalized spacial score (nSPS) is 14.1. The van der Waals surface area contributed by atoms with Crippen LogP contribution in [0.25, 0.3) is 20.4 Å². The van der Waals surface area contributed by atoms with Crippen LogP contribution in [0.2, 0.25) is 0 Å². The Kier molecular flexibility index (Phi) is 4.59. The zero-order chi connectivity index (χ0) is 20.8. The van der Waals surface area contributed by atoms with Crippen LogP contribution < -0.4 is 16.4 Å². The molecule has 4 aromatic rings. The Bertz CT molecular complexity index is 1310. The van der Waals surface area contributed by atoms with Crippen molar-refractivity contribution in [1.29, 1.82) is 0 Å². The molecule has 1 fully saturated rings. The number of H-pyrrole nitrogens is 1. The molecule has 0 saturated carbocycles. The molecule has 1 aliphatic heterocycles. The van der Waals surface area contributed by atoms with Gasteiger partial charge < -0.3 is 15.3 Å². The van der Waals surface area contributed by atoms with Gasteiger partial charge in [0.2, 0.25) is 16.9 Å². The minimum atomic E-state index is -0.481. The molecule has 0 bridgehead atoms. The number of nitrogens with zero attached hydrogens (tertiary/aromatic N) is 4. The van der Waals surface area contributed by atoms with Crippen molar-refractivity contribution in [3.05, 3.63) is 28.3 Å². The number of hydrogen-bond donors (Lipinski definition) is 4. The van der Waals surface area contributed by atoms with E-state index < -0.39 is 5.69 Å². The van der Waals surface area contributed by atoms with Gasteiger partial charge in [-0.15, -0.1) is 0 Å². The summed E-state index contributed by atoms with van der Waals surface area (Å²) < 4.78 is 3.10. The van der Waals surface area contributed by atoms with E-state index in [4.69, 9.17) is 0 Å². The Labute approximate surface area is 178 Å². The number of anilines is 2. The third-order valence-electron chi connectivity index (χ3n) is 5.05. The Hall–Kier alpha value is -3.12. The van der Waals surface area contributed by atoms with Gasteiger partial charge in [-0.1, -0.05) is 22.7 Å². The molecule has 0 spiro atoms. The fourth-order valence-electron chi connectivity index (χ4n) is 3.55. The molecule has 0 radical (unpaired) electrons. The van der Waals surface area contributed by atoms with Crippen LogP contribution in [0.4, 0.5) is 10.3 Å². The van der Waals surface area contributed by atoms with Crippen molar-refractivity contribution in [2.24, 2.45) is 0 Å². The Morgan fingerprint density at radius 2 is 1.87 bits per heavy atom. The quantitative estimate of drug-likeness (QED) is 0.371. The summed E-state index contributed by atoms with van der Waals surface area (Å²) in [5.74, 6) is -0.120. The first-order valence-corrected chi connectivity index (χ1v) is 11.1. The number of hydrogen-bond acceptors (Lipinski definition) is 9. The molecule has 30 heavy (non-hydrogen) atoms. The number of aromatic hydroxyl groups is 1. The third-order valence-corrected chi connectivity index (χ3v) is 6.92. The number of aryl methyl sites for hydroxylation is 1. The summed E-state index contributed by atoms with van der Waals surface area (Å²) in [7, 11) is 0. The number of aromatic amines is 1. The summed E-state index contributed by atoms with van der Waals surface area (Å²) in [6.45, 7) is 3.89. The minimum Gasteiger partial charge on any atom is -0.493 e. The zero-order valence-corrected chi connectivity index (χ0v) is 17.7. The number of nitrogens with one attached hydrogen (secondary N) is 3. The molecule has 0 unspecified atom stereocenters. The number of fused-ring (bicyclic) bond motifs is 2. The van der Waals surface area contributed by atoms with Gasteiger partial charge in [-0.25, -0.2) is 19.4 Å². The molecule has 1 saturated heterocycles. The lowest BCUT2D eigenvalue weighted by molar-refractivity contribution is -0.128. The van der Waals surface area contributed by atoms with Gasteiger partial charge in [0.05, 0.1) is 33.2 Å². The fourth-order valence-corrected chi connectivity index (χ4v) is 5.55. The molecule has 4 N–H and O–H groups in total. The van der Waals surface area contributed by atoms with Crippen LogP contribution in [0.15, 0.2) is 17.1 Å². The van der Waals surface area contributed by atoms with Gasteiger partial charge in [0, 0.05) is 18.7 Å². The predicted octanol–water partition coefficient (Wildman–Crippen LogP) is 2.32. The van der Waals surface area contributed by atoms with E-state index in [0.29, 0.717) is 10.3 Å². The van der Waals surface area contributed by atoms with E-state index in [2.05, 4.69) is 25.7 Å².